The highest BCUT2D eigenvalue weighted by molar-refractivity contribution is 7.85. The normalized spacial score (nSPS) is 17.2. The molecule has 106 valence electrons. The third kappa shape index (κ3) is 4.15. The number of aryl methyl sites for hydroxylation is 2. The van der Waals surface area contributed by atoms with Gasteiger partial charge in [-0.15, -0.1) is 0 Å². The van der Waals surface area contributed by atoms with E-state index in [-0.39, 0.29) is 0 Å². The largest absolute Gasteiger partial charge is 0.315 e. The van der Waals surface area contributed by atoms with Crippen molar-refractivity contribution < 1.29 is 4.21 Å². The van der Waals surface area contributed by atoms with Gasteiger partial charge in [-0.2, -0.15) is 0 Å². The standard InChI is InChI=1S/C16H25NOS/c1-3-17-13(2)6-5-11-19(18)16-10-9-14-7-4-8-15(14)12-16/h9-10,12-13,17H,3-8,11H2,1-2H3. The maximum Gasteiger partial charge on any atom is 0.0529 e. The second-order valence-electron chi connectivity index (χ2n) is 5.43. The van der Waals surface area contributed by atoms with E-state index in [4.69, 9.17) is 0 Å². The maximum absolute atomic E-state index is 12.3. The SMILES string of the molecule is CCNC(C)CCCS(=O)c1ccc2c(c1)CCC2. The summed E-state index contributed by atoms with van der Waals surface area (Å²) in [6.07, 6.45) is 5.74. The molecule has 0 aromatic heterocycles. The second kappa shape index (κ2) is 7.20. The van der Waals surface area contributed by atoms with E-state index in [1.165, 1.54) is 24.0 Å². The second-order valence-corrected chi connectivity index (χ2v) is 7.01. The van der Waals surface area contributed by atoms with Crippen LogP contribution in [-0.2, 0) is 23.6 Å². The van der Waals surface area contributed by atoms with E-state index < -0.39 is 10.8 Å². The van der Waals surface area contributed by atoms with E-state index in [0.29, 0.717) is 6.04 Å². The molecule has 0 aliphatic heterocycles. The molecule has 0 amide bonds. The van der Waals surface area contributed by atoms with Crippen LogP contribution in [0, 0.1) is 0 Å². The Morgan fingerprint density at radius 1 is 1.32 bits per heavy atom. The Kier molecular flexibility index (Phi) is 5.59. The lowest BCUT2D eigenvalue weighted by molar-refractivity contribution is 0.525. The molecule has 3 heteroatoms. The topological polar surface area (TPSA) is 29.1 Å². The Balaban J connectivity index is 1.83. The molecule has 0 bridgehead atoms. The van der Waals surface area contributed by atoms with Gasteiger partial charge < -0.3 is 5.32 Å². The fourth-order valence-electron chi connectivity index (χ4n) is 2.78. The van der Waals surface area contributed by atoms with Gasteiger partial charge in [-0.25, -0.2) is 0 Å². The first-order valence-electron chi connectivity index (χ1n) is 7.44. The average Bonchev–Trinajstić information content (AvgIpc) is 2.86. The zero-order valence-electron chi connectivity index (χ0n) is 12.1. The van der Waals surface area contributed by atoms with E-state index >= 15 is 0 Å². The molecule has 0 spiro atoms. The molecule has 2 atom stereocenters. The smallest absolute Gasteiger partial charge is 0.0529 e. The first-order chi connectivity index (χ1) is 9.20. The zero-order valence-corrected chi connectivity index (χ0v) is 12.9. The Morgan fingerprint density at radius 3 is 2.89 bits per heavy atom. The average molecular weight is 279 g/mol. The van der Waals surface area contributed by atoms with Gasteiger partial charge >= 0.3 is 0 Å². The van der Waals surface area contributed by atoms with Gasteiger partial charge in [-0.1, -0.05) is 13.0 Å². The van der Waals surface area contributed by atoms with Crippen molar-refractivity contribution in [2.75, 3.05) is 12.3 Å². The van der Waals surface area contributed by atoms with Gasteiger partial charge in [0.25, 0.3) is 0 Å². The Hall–Kier alpha value is -0.670. The minimum Gasteiger partial charge on any atom is -0.315 e. The van der Waals surface area contributed by atoms with Crippen molar-refractivity contribution in [1.82, 2.24) is 5.32 Å². The minimum atomic E-state index is -0.824. The first kappa shape index (κ1) is 14.7. The van der Waals surface area contributed by atoms with Crippen LogP contribution in [0.3, 0.4) is 0 Å². The van der Waals surface area contributed by atoms with Gasteiger partial charge in [-0.3, -0.25) is 4.21 Å². The van der Waals surface area contributed by atoms with Gasteiger partial charge in [0.15, 0.2) is 0 Å². The number of hydrogen-bond donors (Lipinski definition) is 1. The lowest BCUT2D eigenvalue weighted by atomic mass is 10.1. The molecule has 0 fully saturated rings. The summed E-state index contributed by atoms with van der Waals surface area (Å²) in [4.78, 5) is 1.02. The van der Waals surface area contributed by atoms with Crippen LogP contribution in [0.5, 0.6) is 0 Å². The van der Waals surface area contributed by atoms with Gasteiger partial charge in [-0.05, 0) is 68.8 Å². The lowest BCUT2D eigenvalue weighted by Crippen LogP contribution is -2.25. The molecule has 1 aliphatic carbocycles. The molecule has 19 heavy (non-hydrogen) atoms. The third-order valence-electron chi connectivity index (χ3n) is 3.85. The maximum atomic E-state index is 12.3. The number of nitrogens with one attached hydrogen (secondary N) is 1. The third-order valence-corrected chi connectivity index (χ3v) is 5.29. The van der Waals surface area contributed by atoms with E-state index in [0.717, 1.165) is 36.5 Å². The zero-order chi connectivity index (χ0) is 13.7. The van der Waals surface area contributed by atoms with Crippen molar-refractivity contribution in [3.8, 4) is 0 Å². The molecule has 1 N–H and O–H groups in total. The first-order valence-corrected chi connectivity index (χ1v) is 8.76. The van der Waals surface area contributed by atoms with E-state index in [1.54, 1.807) is 0 Å². The van der Waals surface area contributed by atoms with Crippen molar-refractivity contribution >= 4 is 10.8 Å². The van der Waals surface area contributed by atoms with Gasteiger partial charge in [0.05, 0.1) is 10.8 Å². The van der Waals surface area contributed by atoms with E-state index in [1.807, 2.05) is 0 Å². The fraction of sp³-hybridized carbons (Fsp3) is 0.625. The van der Waals surface area contributed by atoms with Crippen LogP contribution in [0.2, 0.25) is 0 Å². The highest BCUT2D eigenvalue weighted by Crippen LogP contribution is 2.24. The highest BCUT2D eigenvalue weighted by atomic mass is 32.2. The number of benzene rings is 1. The molecule has 0 saturated heterocycles. The van der Waals surface area contributed by atoms with E-state index in [2.05, 4.69) is 37.4 Å². The molecular formula is C16H25NOS. The minimum absolute atomic E-state index is 0.530. The van der Waals surface area contributed by atoms with Crippen LogP contribution < -0.4 is 5.32 Å². The summed E-state index contributed by atoms with van der Waals surface area (Å²) in [6, 6.07) is 6.94. The van der Waals surface area contributed by atoms with Crippen molar-refractivity contribution in [2.45, 2.75) is 56.9 Å². The molecule has 2 unspecified atom stereocenters. The van der Waals surface area contributed by atoms with Crippen LogP contribution in [0.1, 0.15) is 44.2 Å². The van der Waals surface area contributed by atoms with Gasteiger partial charge in [0.2, 0.25) is 0 Å². The Bertz CT molecular complexity index is 444. The molecular weight excluding hydrogens is 254 g/mol. The van der Waals surface area contributed by atoms with E-state index in [9.17, 15) is 4.21 Å². The van der Waals surface area contributed by atoms with Crippen molar-refractivity contribution in [2.24, 2.45) is 0 Å². The van der Waals surface area contributed by atoms with Crippen LogP contribution in [-0.4, -0.2) is 22.5 Å². The Morgan fingerprint density at radius 2 is 2.11 bits per heavy atom. The Labute approximate surface area is 119 Å². The molecule has 1 aromatic rings. The molecule has 0 heterocycles. The molecule has 2 nitrogen and oxygen atoms in total. The molecule has 1 aromatic carbocycles. The van der Waals surface area contributed by atoms with Gasteiger partial charge in [0.1, 0.15) is 0 Å². The monoisotopic (exact) mass is 279 g/mol. The van der Waals surface area contributed by atoms with Crippen LogP contribution in [0.4, 0.5) is 0 Å². The molecule has 2 rings (SSSR count). The summed E-state index contributed by atoms with van der Waals surface area (Å²) in [5, 5.41) is 3.39. The summed E-state index contributed by atoms with van der Waals surface area (Å²) in [5.74, 6) is 0.786. The quantitative estimate of drug-likeness (QED) is 0.831. The van der Waals surface area contributed by atoms with Gasteiger partial charge in [0, 0.05) is 16.7 Å². The predicted molar refractivity (Wildman–Crippen MR) is 82.1 cm³/mol. The highest BCUT2D eigenvalue weighted by Gasteiger charge is 2.13. The molecule has 0 radical (unpaired) electrons. The van der Waals surface area contributed by atoms with Crippen LogP contribution in [0.25, 0.3) is 0 Å². The number of hydrogen-bond acceptors (Lipinski definition) is 2. The van der Waals surface area contributed by atoms with Crippen molar-refractivity contribution in [3.63, 3.8) is 0 Å². The van der Waals surface area contributed by atoms with Crippen LogP contribution in [0.15, 0.2) is 23.1 Å². The number of rotatable bonds is 7. The summed E-state index contributed by atoms with van der Waals surface area (Å²) >= 11 is 0. The van der Waals surface area contributed by atoms with Crippen molar-refractivity contribution in [1.29, 1.82) is 0 Å². The summed E-state index contributed by atoms with van der Waals surface area (Å²) in [5.41, 5.74) is 2.88. The summed E-state index contributed by atoms with van der Waals surface area (Å²) in [6.45, 7) is 5.33. The summed E-state index contributed by atoms with van der Waals surface area (Å²) < 4.78 is 12.3. The van der Waals surface area contributed by atoms with Crippen LogP contribution >= 0.6 is 0 Å². The van der Waals surface area contributed by atoms with Crippen molar-refractivity contribution in [3.05, 3.63) is 29.3 Å². The predicted octanol–water partition coefficient (Wildman–Crippen LogP) is 3.06. The lowest BCUT2D eigenvalue weighted by Gasteiger charge is -2.11. The summed E-state index contributed by atoms with van der Waals surface area (Å²) in [7, 11) is -0.824. The molecule has 0 saturated carbocycles. The molecule has 1 aliphatic rings. The number of fused-ring (bicyclic) bond motifs is 1. The fourth-order valence-corrected chi connectivity index (χ4v) is 3.94.